The molecule has 1 aromatic carbocycles. The summed E-state index contributed by atoms with van der Waals surface area (Å²) in [7, 11) is 0. The van der Waals surface area contributed by atoms with E-state index in [0.717, 1.165) is 13.1 Å². The summed E-state index contributed by atoms with van der Waals surface area (Å²) in [4.78, 5) is 26.6. The van der Waals surface area contributed by atoms with Gasteiger partial charge in [-0.25, -0.2) is 4.79 Å². The van der Waals surface area contributed by atoms with Crippen molar-refractivity contribution < 1.29 is 32.9 Å². The number of ether oxygens (including phenoxy) is 2. The minimum absolute atomic E-state index is 0. The molecule has 1 aliphatic rings. The van der Waals surface area contributed by atoms with E-state index >= 15 is 0 Å². The molecule has 6 nitrogen and oxygen atoms in total. The topological polar surface area (TPSA) is 81.9 Å². The third-order valence-corrected chi connectivity index (χ3v) is 4.07. The number of nitrogens with two attached hydrogens (primary N) is 1. The van der Waals surface area contributed by atoms with Crippen molar-refractivity contribution in [2.75, 3.05) is 32.0 Å². The molecule has 1 aliphatic heterocycles. The van der Waals surface area contributed by atoms with Crippen molar-refractivity contribution in [1.82, 2.24) is 4.90 Å². The first-order chi connectivity index (χ1) is 11.0. The van der Waals surface area contributed by atoms with Gasteiger partial charge < -0.3 is 32.5 Å². The van der Waals surface area contributed by atoms with Gasteiger partial charge in [-0.05, 0) is 44.2 Å². The second kappa shape index (κ2) is 9.49. The fourth-order valence-electron chi connectivity index (χ4n) is 2.73. The summed E-state index contributed by atoms with van der Waals surface area (Å²) in [6.07, 6.45) is 0.166. The number of halogens is 1. The zero-order valence-electron chi connectivity index (χ0n) is 15.0. The molecule has 0 radical (unpaired) electrons. The maximum atomic E-state index is 12.3. The lowest BCUT2D eigenvalue weighted by Crippen LogP contribution is -3.00. The van der Waals surface area contributed by atoms with Crippen molar-refractivity contribution >= 4 is 17.6 Å². The van der Waals surface area contributed by atoms with Crippen LogP contribution in [0.1, 0.15) is 32.1 Å². The van der Waals surface area contributed by atoms with Crippen LogP contribution in [0, 0.1) is 5.92 Å². The van der Waals surface area contributed by atoms with E-state index in [2.05, 4.69) is 4.90 Å². The number of carbonyl (C=O) groups excluding carboxylic acids is 2. The number of carbonyl (C=O) groups is 2. The van der Waals surface area contributed by atoms with Crippen LogP contribution >= 0.6 is 0 Å². The average Bonchev–Trinajstić information content (AvgIpc) is 2.56. The molecule has 0 aliphatic carbocycles. The highest BCUT2D eigenvalue weighted by Crippen LogP contribution is 2.23. The van der Waals surface area contributed by atoms with E-state index in [4.69, 9.17) is 15.2 Å². The van der Waals surface area contributed by atoms with Crippen LogP contribution in [0.2, 0.25) is 0 Å². The summed E-state index contributed by atoms with van der Waals surface area (Å²) < 4.78 is 10.7. The Balaban J connectivity index is 0.00000288. The zero-order valence-corrected chi connectivity index (χ0v) is 14.8. The molecule has 1 saturated heterocycles. The van der Waals surface area contributed by atoms with E-state index in [1.165, 1.54) is 0 Å². The maximum absolute atomic E-state index is 12.3. The van der Waals surface area contributed by atoms with Crippen LogP contribution in [0.5, 0.6) is 0 Å². The van der Waals surface area contributed by atoms with Crippen LogP contribution in [-0.4, -0.2) is 49.2 Å². The first kappa shape index (κ1) is 20.3. The highest BCUT2D eigenvalue weighted by molar-refractivity contribution is 5.90. The van der Waals surface area contributed by atoms with Gasteiger partial charge in [0.25, 0.3) is 0 Å². The molecule has 1 heterocycles. The van der Waals surface area contributed by atoms with Crippen LogP contribution in [0.3, 0.4) is 0 Å². The summed E-state index contributed by atoms with van der Waals surface area (Å²) in [6.45, 7) is 6.34. The van der Waals surface area contributed by atoms with Gasteiger partial charge in [-0.15, -0.1) is 0 Å². The van der Waals surface area contributed by atoms with Gasteiger partial charge in [-0.3, -0.25) is 4.79 Å². The smallest absolute Gasteiger partial charge is 1.00 e. The molecule has 2 unspecified atom stereocenters. The molecular weight excluding hydrogens is 332 g/mol. The molecular formula is C17H25ClN2O4. The number of hydrogen-bond acceptors (Lipinski definition) is 6. The van der Waals surface area contributed by atoms with Crippen molar-refractivity contribution in [1.29, 1.82) is 0 Å². The van der Waals surface area contributed by atoms with Crippen LogP contribution in [-0.2, 0) is 14.3 Å². The number of hydrogen-bond donors (Lipinski definition) is 1. The van der Waals surface area contributed by atoms with Crippen LogP contribution < -0.4 is 18.1 Å². The third-order valence-electron chi connectivity index (χ3n) is 4.07. The number of likely N-dealkylation sites (tertiary alicyclic amines) is 1. The van der Waals surface area contributed by atoms with Crippen LogP contribution in [0.25, 0.3) is 0 Å². The third kappa shape index (κ3) is 5.11. The molecule has 2 rings (SSSR count). The van der Waals surface area contributed by atoms with Crippen molar-refractivity contribution in [2.24, 2.45) is 5.92 Å². The van der Waals surface area contributed by atoms with Crippen molar-refractivity contribution in [3.05, 3.63) is 29.8 Å². The number of nitrogen functional groups attached to an aromatic ring is 1. The van der Waals surface area contributed by atoms with Crippen LogP contribution in [0.4, 0.5) is 5.69 Å². The standard InChI is InChI=1S/C17H24N2O4.ClH/c1-3-19-10-9-15(14(11-19)17(21)22-4-2)23-16(20)12-5-7-13(18)8-6-12;/h5-8,14-15H,3-4,9-11,18H2,1-2H3;1H. The molecule has 0 saturated carbocycles. The van der Waals surface area contributed by atoms with Gasteiger partial charge >= 0.3 is 13.4 Å². The predicted molar refractivity (Wildman–Crippen MR) is 88.0 cm³/mol. The highest BCUT2D eigenvalue weighted by Gasteiger charge is 2.37. The Hall–Kier alpha value is -1.79. The van der Waals surface area contributed by atoms with Crippen molar-refractivity contribution in [3.63, 3.8) is 0 Å². The molecule has 2 N–H and O–H groups in total. The van der Waals surface area contributed by atoms with Gasteiger partial charge in [-0.1, -0.05) is 6.92 Å². The molecule has 1 fully saturated rings. The molecule has 0 spiro atoms. The Kier molecular flexibility index (Phi) is 8.01. The Morgan fingerprint density at radius 1 is 1.29 bits per heavy atom. The number of anilines is 1. The second-order valence-electron chi connectivity index (χ2n) is 5.61. The Morgan fingerprint density at radius 2 is 1.96 bits per heavy atom. The van der Waals surface area contributed by atoms with E-state index in [1.54, 1.807) is 31.2 Å². The number of esters is 2. The van der Waals surface area contributed by atoms with Gasteiger partial charge in [0.1, 0.15) is 12.0 Å². The maximum Gasteiger partial charge on any atom is 1.00 e. The lowest BCUT2D eigenvalue weighted by Gasteiger charge is -2.36. The first-order valence-corrected chi connectivity index (χ1v) is 8.00. The minimum Gasteiger partial charge on any atom is -1.00 e. The van der Waals surface area contributed by atoms with E-state index < -0.39 is 18.0 Å². The second-order valence-corrected chi connectivity index (χ2v) is 5.61. The van der Waals surface area contributed by atoms with Crippen molar-refractivity contribution in [3.8, 4) is 0 Å². The van der Waals surface area contributed by atoms with E-state index in [-0.39, 0.29) is 19.8 Å². The largest absolute Gasteiger partial charge is 1.00 e. The summed E-state index contributed by atoms with van der Waals surface area (Å²) in [6, 6.07) is 6.55. The normalized spacial score (nSPS) is 20.8. The van der Waals surface area contributed by atoms with Gasteiger partial charge in [0.15, 0.2) is 0 Å². The number of nitrogens with zero attached hydrogens (tertiary/aromatic N) is 1. The monoisotopic (exact) mass is 356 g/mol. The fraction of sp³-hybridized carbons (Fsp3) is 0.529. The van der Waals surface area contributed by atoms with Gasteiger partial charge in [-0.2, -0.15) is 0 Å². The summed E-state index contributed by atoms with van der Waals surface area (Å²) in [5.74, 6) is -1.18. The van der Waals surface area contributed by atoms with Crippen LogP contribution in [0.15, 0.2) is 24.3 Å². The zero-order chi connectivity index (χ0) is 16.8. The average molecular weight is 357 g/mol. The van der Waals surface area contributed by atoms with E-state index in [1.807, 2.05) is 6.92 Å². The van der Waals surface area contributed by atoms with Crippen molar-refractivity contribution in [2.45, 2.75) is 26.4 Å². The number of benzene rings is 1. The molecule has 0 aromatic heterocycles. The SMILES string of the molecule is CCOC(=O)C1CN(CC)CCC1OC(=O)c1ccc(N)cc1.[Cl-].[H+]. The van der Waals surface area contributed by atoms with E-state index in [9.17, 15) is 9.59 Å². The molecule has 1 aromatic rings. The number of piperidine rings is 1. The Bertz CT molecular complexity index is 556. The molecule has 0 bridgehead atoms. The molecule has 2 atom stereocenters. The van der Waals surface area contributed by atoms with Gasteiger partial charge in [0.2, 0.25) is 0 Å². The van der Waals surface area contributed by atoms with Gasteiger partial charge in [0.05, 0.1) is 12.2 Å². The Labute approximate surface area is 150 Å². The number of rotatable bonds is 5. The molecule has 7 heteroatoms. The highest BCUT2D eigenvalue weighted by atomic mass is 35.5. The lowest BCUT2D eigenvalue weighted by molar-refractivity contribution is -0.155. The fourth-order valence-corrected chi connectivity index (χ4v) is 2.73. The summed E-state index contributed by atoms with van der Waals surface area (Å²) >= 11 is 0. The molecule has 134 valence electrons. The molecule has 0 amide bonds. The quantitative estimate of drug-likeness (QED) is 0.528. The van der Waals surface area contributed by atoms with E-state index in [0.29, 0.717) is 30.8 Å². The minimum atomic E-state index is -0.457. The predicted octanol–water partition coefficient (Wildman–Crippen LogP) is -1.18. The summed E-state index contributed by atoms with van der Waals surface area (Å²) in [5, 5.41) is 0. The Morgan fingerprint density at radius 3 is 2.54 bits per heavy atom. The molecule has 24 heavy (non-hydrogen) atoms. The summed E-state index contributed by atoms with van der Waals surface area (Å²) in [5.41, 5.74) is 6.63. The van der Waals surface area contributed by atoms with Gasteiger partial charge in [0, 0.05) is 18.8 Å². The lowest BCUT2D eigenvalue weighted by atomic mass is 9.94. The first-order valence-electron chi connectivity index (χ1n) is 8.00.